The Labute approximate surface area is 192 Å². The Hall–Kier alpha value is -3.21. The number of rotatable bonds is 5. The van der Waals surface area contributed by atoms with E-state index in [0.29, 0.717) is 17.5 Å². The van der Waals surface area contributed by atoms with Crippen molar-refractivity contribution in [2.75, 3.05) is 36.9 Å². The second kappa shape index (κ2) is 8.73. The number of nitrogens with one attached hydrogen (secondary N) is 3. The van der Waals surface area contributed by atoms with E-state index in [2.05, 4.69) is 33.7 Å². The SMILES string of the molecule is CNc1ccc(-c2sc(N3CCC4NCCC4C3)nc2-c2ccc(C#N)cc2)cc1C=N. The lowest BCUT2D eigenvalue weighted by molar-refractivity contribution is 0.376. The molecule has 2 aromatic carbocycles. The minimum atomic E-state index is 0.644. The van der Waals surface area contributed by atoms with Crippen LogP contribution in [-0.2, 0) is 0 Å². The Balaban J connectivity index is 1.57. The fourth-order valence-corrected chi connectivity index (χ4v) is 5.93. The summed E-state index contributed by atoms with van der Waals surface area (Å²) >= 11 is 1.72. The van der Waals surface area contributed by atoms with Gasteiger partial charge in [0.25, 0.3) is 0 Å². The highest BCUT2D eigenvalue weighted by Gasteiger charge is 2.34. The first-order chi connectivity index (χ1) is 15.7. The average Bonchev–Trinajstić information content (AvgIpc) is 3.50. The Morgan fingerprint density at radius 2 is 2.03 bits per heavy atom. The third kappa shape index (κ3) is 3.77. The molecule has 2 atom stereocenters. The number of thiazole rings is 1. The van der Waals surface area contributed by atoms with Crippen LogP contribution in [-0.4, -0.2) is 43.9 Å². The Morgan fingerprint density at radius 3 is 2.78 bits per heavy atom. The summed E-state index contributed by atoms with van der Waals surface area (Å²) in [6.07, 6.45) is 3.77. The van der Waals surface area contributed by atoms with Gasteiger partial charge in [-0.05, 0) is 55.1 Å². The van der Waals surface area contributed by atoms with Gasteiger partial charge in [0.1, 0.15) is 0 Å². The van der Waals surface area contributed by atoms with Crippen LogP contribution in [0, 0.1) is 22.7 Å². The monoisotopic (exact) mass is 442 g/mol. The first kappa shape index (κ1) is 20.7. The second-order valence-corrected chi connectivity index (χ2v) is 9.38. The summed E-state index contributed by atoms with van der Waals surface area (Å²) < 4.78 is 0. The molecule has 0 bridgehead atoms. The van der Waals surface area contributed by atoms with Gasteiger partial charge in [-0.15, -0.1) is 0 Å². The Bertz CT molecular complexity index is 1180. The van der Waals surface area contributed by atoms with E-state index in [1.807, 2.05) is 37.4 Å². The van der Waals surface area contributed by atoms with E-state index in [0.717, 1.165) is 64.1 Å². The van der Waals surface area contributed by atoms with Crippen molar-refractivity contribution in [2.24, 2.45) is 5.92 Å². The normalized spacial score (nSPS) is 19.9. The lowest BCUT2D eigenvalue weighted by Gasteiger charge is -2.34. The molecular weight excluding hydrogens is 416 g/mol. The molecule has 6 nitrogen and oxygen atoms in total. The molecule has 162 valence electrons. The van der Waals surface area contributed by atoms with E-state index < -0.39 is 0 Å². The van der Waals surface area contributed by atoms with E-state index in [4.69, 9.17) is 10.4 Å². The molecule has 3 heterocycles. The van der Waals surface area contributed by atoms with Gasteiger partial charge in [-0.1, -0.05) is 29.5 Å². The van der Waals surface area contributed by atoms with Crippen molar-refractivity contribution in [3.8, 4) is 27.8 Å². The molecule has 2 unspecified atom stereocenters. The fourth-order valence-electron chi connectivity index (χ4n) is 4.81. The van der Waals surface area contributed by atoms with Crippen molar-refractivity contribution in [3.05, 3.63) is 53.6 Å². The van der Waals surface area contributed by atoms with Crippen LogP contribution in [0.15, 0.2) is 42.5 Å². The van der Waals surface area contributed by atoms with Crippen LogP contribution in [0.25, 0.3) is 21.7 Å². The number of anilines is 2. The number of aromatic nitrogens is 1. The standard InChI is InChI=1S/C25H26N6S/c1-28-21-7-6-18(12-20(21)14-27)24-23(17-4-2-16(13-26)3-5-17)30-25(32-24)31-11-9-22-19(15-31)8-10-29-22/h2-7,12,14,19,22,27-29H,8-11,15H2,1H3. The number of nitriles is 1. The average molecular weight is 443 g/mol. The van der Waals surface area contributed by atoms with Gasteiger partial charge >= 0.3 is 0 Å². The summed E-state index contributed by atoms with van der Waals surface area (Å²) in [6.45, 7) is 3.17. The highest BCUT2D eigenvalue weighted by atomic mass is 32.1. The van der Waals surface area contributed by atoms with E-state index in [9.17, 15) is 5.26 Å². The summed E-state index contributed by atoms with van der Waals surface area (Å²) in [6, 6.07) is 16.7. The van der Waals surface area contributed by atoms with Crippen molar-refractivity contribution < 1.29 is 0 Å². The summed E-state index contributed by atoms with van der Waals surface area (Å²) in [5.41, 5.74) is 5.43. The number of benzene rings is 2. The molecule has 0 spiro atoms. The van der Waals surface area contributed by atoms with Crippen molar-refractivity contribution in [2.45, 2.75) is 18.9 Å². The summed E-state index contributed by atoms with van der Waals surface area (Å²) in [7, 11) is 1.87. The summed E-state index contributed by atoms with van der Waals surface area (Å²) in [4.78, 5) is 8.66. The number of nitrogens with zero attached hydrogens (tertiary/aromatic N) is 3. The lowest BCUT2D eigenvalue weighted by atomic mass is 9.94. The highest BCUT2D eigenvalue weighted by Crippen LogP contribution is 2.42. The van der Waals surface area contributed by atoms with Gasteiger partial charge in [-0.3, -0.25) is 0 Å². The van der Waals surface area contributed by atoms with Gasteiger partial charge in [0, 0.05) is 49.2 Å². The number of hydrogen-bond donors (Lipinski definition) is 3. The molecule has 32 heavy (non-hydrogen) atoms. The fraction of sp³-hybridized carbons (Fsp3) is 0.320. The van der Waals surface area contributed by atoms with Gasteiger partial charge in [-0.2, -0.15) is 5.26 Å². The van der Waals surface area contributed by atoms with Crippen LogP contribution in [0.2, 0.25) is 0 Å². The molecule has 0 radical (unpaired) electrons. The van der Waals surface area contributed by atoms with Crippen molar-refractivity contribution in [1.29, 1.82) is 10.7 Å². The molecular formula is C25H26N6S. The molecule has 3 N–H and O–H groups in total. The van der Waals surface area contributed by atoms with Crippen molar-refractivity contribution in [1.82, 2.24) is 10.3 Å². The first-order valence-corrected chi connectivity index (χ1v) is 11.8. The van der Waals surface area contributed by atoms with Crippen molar-refractivity contribution >= 4 is 28.4 Å². The van der Waals surface area contributed by atoms with E-state index in [1.54, 1.807) is 11.3 Å². The smallest absolute Gasteiger partial charge is 0.186 e. The summed E-state index contributed by atoms with van der Waals surface area (Å²) in [5.74, 6) is 0.689. The van der Waals surface area contributed by atoms with Gasteiger partial charge in [-0.25, -0.2) is 4.98 Å². The molecule has 2 saturated heterocycles. The van der Waals surface area contributed by atoms with E-state index >= 15 is 0 Å². The molecule has 0 aliphatic carbocycles. The number of piperidine rings is 1. The van der Waals surface area contributed by atoms with Crippen LogP contribution in [0.4, 0.5) is 10.8 Å². The Morgan fingerprint density at radius 1 is 1.22 bits per heavy atom. The van der Waals surface area contributed by atoms with Crippen molar-refractivity contribution in [3.63, 3.8) is 0 Å². The molecule has 2 aliphatic rings. The van der Waals surface area contributed by atoms with Gasteiger partial charge in [0.2, 0.25) is 0 Å². The Kier molecular flexibility index (Phi) is 5.64. The molecule has 0 amide bonds. The molecule has 0 saturated carbocycles. The molecule has 2 fully saturated rings. The molecule has 7 heteroatoms. The predicted molar refractivity (Wildman–Crippen MR) is 132 cm³/mol. The topological polar surface area (TPSA) is 87.8 Å². The number of hydrogen-bond acceptors (Lipinski definition) is 7. The van der Waals surface area contributed by atoms with E-state index in [-0.39, 0.29) is 0 Å². The predicted octanol–water partition coefficient (Wildman–Crippen LogP) is 4.58. The van der Waals surface area contributed by atoms with Crippen LogP contribution < -0.4 is 15.5 Å². The van der Waals surface area contributed by atoms with Crippen LogP contribution >= 0.6 is 11.3 Å². The summed E-state index contributed by atoms with van der Waals surface area (Å²) in [5, 5.41) is 24.9. The minimum Gasteiger partial charge on any atom is -0.388 e. The van der Waals surface area contributed by atoms with Gasteiger partial charge in [0.05, 0.1) is 22.2 Å². The quantitative estimate of drug-likeness (QED) is 0.504. The van der Waals surface area contributed by atoms with Crippen LogP contribution in [0.3, 0.4) is 0 Å². The van der Waals surface area contributed by atoms with Gasteiger partial charge < -0.3 is 20.9 Å². The molecule has 1 aromatic heterocycles. The second-order valence-electron chi connectivity index (χ2n) is 8.40. The maximum absolute atomic E-state index is 9.19. The third-order valence-electron chi connectivity index (χ3n) is 6.57. The molecule has 5 rings (SSSR count). The third-order valence-corrected chi connectivity index (χ3v) is 7.73. The van der Waals surface area contributed by atoms with Gasteiger partial charge in [0.15, 0.2) is 5.13 Å². The first-order valence-electron chi connectivity index (χ1n) is 11.0. The maximum atomic E-state index is 9.19. The number of fused-ring (bicyclic) bond motifs is 1. The highest BCUT2D eigenvalue weighted by molar-refractivity contribution is 7.19. The molecule has 3 aromatic rings. The maximum Gasteiger partial charge on any atom is 0.186 e. The zero-order valence-electron chi connectivity index (χ0n) is 18.1. The van der Waals surface area contributed by atoms with E-state index in [1.165, 1.54) is 12.6 Å². The lowest BCUT2D eigenvalue weighted by Crippen LogP contribution is -2.44. The zero-order chi connectivity index (χ0) is 22.1. The zero-order valence-corrected chi connectivity index (χ0v) is 18.9. The largest absolute Gasteiger partial charge is 0.388 e. The molecule has 2 aliphatic heterocycles. The van der Waals surface area contributed by atoms with Crippen LogP contribution in [0.5, 0.6) is 0 Å². The minimum absolute atomic E-state index is 0.644. The van der Waals surface area contributed by atoms with Crippen LogP contribution in [0.1, 0.15) is 24.0 Å².